The van der Waals surface area contributed by atoms with E-state index in [4.69, 9.17) is 4.74 Å². The molecule has 0 aromatic heterocycles. The van der Waals surface area contributed by atoms with Crippen LogP contribution in [0.25, 0.3) is 0 Å². The summed E-state index contributed by atoms with van der Waals surface area (Å²) in [5, 5.41) is 10.8. The van der Waals surface area contributed by atoms with Crippen molar-refractivity contribution in [2.24, 2.45) is 0 Å². The molecule has 0 bridgehead atoms. The van der Waals surface area contributed by atoms with Crippen LogP contribution in [0.1, 0.15) is 6.92 Å². The fraction of sp³-hybridized carbons (Fsp3) is 0.200. The van der Waals surface area contributed by atoms with Gasteiger partial charge in [0.1, 0.15) is 0 Å². The lowest BCUT2D eigenvalue weighted by Gasteiger charge is -2.10. The molecule has 0 aromatic carbocycles. The molecule has 0 spiro atoms. The molecule has 12 heavy (non-hydrogen) atoms. The Bertz CT molecular complexity index is 243. The van der Waals surface area contributed by atoms with Gasteiger partial charge in [0.2, 0.25) is 0 Å². The van der Waals surface area contributed by atoms with Crippen molar-refractivity contribution < 1.29 is 9.84 Å². The Morgan fingerprint density at radius 1 is 1.50 bits per heavy atom. The fourth-order valence-electron chi connectivity index (χ4n) is 0.855. The number of ether oxygens (including phenoxy) is 1. The molecule has 0 atom stereocenters. The van der Waals surface area contributed by atoms with E-state index < -0.39 is 0 Å². The van der Waals surface area contributed by atoms with Gasteiger partial charge in [0.05, 0.1) is 5.95 Å². The predicted octanol–water partition coefficient (Wildman–Crippen LogP) is 1.28. The normalized spacial score (nSPS) is 15.4. The Morgan fingerprint density at radius 3 is 2.75 bits per heavy atom. The van der Waals surface area contributed by atoms with E-state index in [9.17, 15) is 5.11 Å². The average Bonchev–Trinajstić information content (AvgIpc) is 2.53. The first-order valence-corrected chi connectivity index (χ1v) is 3.89. The van der Waals surface area contributed by atoms with Crippen molar-refractivity contribution >= 4 is 0 Å². The van der Waals surface area contributed by atoms with Crippen molar-refractivity contribution in [3.05, 3.63) is 48.0 Å². The number of hydrogen-bond donors (Lipinski definition) is 0. The van der Waals surface area contributed by atoms with E-state index in [1.807, 2.05) is 24.3 Å². The molecule has 0 N–H and O–H groups in total. The third-order valence-electron chi connectivity index (χ3n) is 1.39. The van der Waals surface area contributed by atoms with Gasteiger partial charge in [-0.05, 0) is 18.3 Å². The van der Waals surface area contributed by atoms with Gasteiger partial charge in [0, 0.05) is 0 Å². The van der Waals surface area contributed by atoms with Gasteiger partial charge in [0.25, 0.3) is 0 Å². The van der Waals surface area contributed by atoms with Crippen molar-refractivity contribution in [2.75, 3.05) is 6.61 Å². The molecule has 0 heterocycles. The van der Waals surface area contributed by atoms with Gasteiger partial charge in [0.15, 0.2) is 0 Å². The molecular formula is C10H11O2-. The number of hydrogen-bond acceptors (Lipinski definition) is 2. The highest BCUT2D eigenvalue weighted by atomic mass is 16.6. The zero-order chi connectivity index (χ0) is 8.81. The quantitative estimate of drug-likeness (QED) is 0.587. The molecule has 2 nitrogen and oxygen atoms in total. The van der Waals surface area contributed by atoms with Gasteiger partial charge in [-0.2, -0.15) is 0 Å². The van der Waals surface area contributed by atoms with Crippen molar-refractivity contribution in [2.45, 2.75) is 6.92 Å². The lowest BCUT2D eigenvalue weighted by molar-refractivity contribution is -0.356. The van der Waals surface area contributed by atoms with Crippen molar-refractivity contribution in [1.29, 1.82) is 0 Å². The first-order valence-electron chi connectivity index (χ1n) is 3.89. The average molecular weight is 163 g/mol. The summed E-state index contributed by atoms with van der Waals surface area (Å²) < 4.78 is 4.71. The maximum Gasteiger partial charge on any atom is 0.0512 e. The van der Waals surface area contributed by atoms with Crippen LogP contribution in [0.5, 0.6) is 0 Å². The van der Waals surface area contributed by atoms with Gasteiger partial charge in [-0.15, -0.1) is 0 Å². The van der Waals surface area contributed by atoms with Crippen molar-refractivity contribution in [3.8, 4) is 0 Å². The van der Waals surface area contributed by atoms with E-state index in [2.05, 4.69) is 0 Å². The molecule has 0 amide bonds. The predicted molar refractivity (Wildman–Crippen MR) is 46.1 cm³/mol. The second kappa shape index (κ2) is 4.44. The van der Waals surface area contributed by atoms with E-state index in [1.165, 1.54) is 6.08 Å². The molecule has 1 rings (SSSR count). The summed E-state index contributed by atoms with van der Waals surface area (Å²) >= 11 is 0. The van der Waals surface area contributed by atoms with Crippen LogP contribution in [0.4, 0.5) is 0 Å². The van der Waals surface area contributed by atoms with Crippen molar-refractivity contribution in [1.82, 2.24) is 0 Å². The number of allylic oxidation sites excluding steroid dienone is 7. The van der Waals surface area contributed by atoms with Gasteiger partial charge >= 0.3 is 0 Å². The third kappa shape index (κ3) is 2.66. The van der Waals surface area contributed by atoms with Crippen LogP contribution in [0, 0.1) is 0 Å². The highest BCUT2D eigenvalue weighted by Gasteiger charge is 1.87. The standard InChI is InChI=1S/C10H12O2/c1-2-12-10(11)8-7-9-5-3-4-6-9/h3-8,11H,2H2,1H3/p-1. The summed E-state index contributed by atoms with van der Waals surface area (Å²) in [6.07, 6.45) is 10.9. The van der Waals surface area contributed by atoms with Gasteiger partial charge in [-0.3, -0.25) is 0 Å². The zero-order valence-corrected chi connectivity index (χ0v) is 6.99. The Hall–Kier alpha value is -1.44. The molecule has 0 aliphatic heterocycles. The molecular weight excluding hydrogens is 152 g/mol. The molecule has 64 valence electrons. The number of rotatable bonds is 3. The van der Waals surface area contributed by atoms with Gasteiger partial charge < -0.3 is 9.84 Å². The molecule has 0 saturated heterocycles. The Balaban J connectivity index is 2.51. The molecule has 0 radical (unpaired) electrons. The fourth-order valence-corrected chi connectivity index (χ4v) is 0.855. The van der Waals surface area contributed by atoms with E-state index in [-0.39, 0.29) is 5.95 Å². The van der Waals surface area contributed by atoms with E-state index in [1.54, 1.807) is 13.0 Å². The van der Waals surface area contributed by atoms with E-state index >= 15 is 0 Å². The second-order valence-electron chi connectivity index (χ2n) is 2.30. The van der Waals surface area contributed by atoms with Crippen LogP contribution >= 0.6 is 0 Å². The van der Waals surface area contributed by atoms with Gasteiger partial charge in [-0.1, -0.05) is 37.3 Å². The maximum atomic E-state index is 10.8. The van der Waals surface area contributed by atoms with Crippen LogP contribution in [-0.4, -0.2) is 6.61 Å². The summed E-state index contributed by atoms with van der Waals surface area (Å²) in [4.78, 5) is 0. The summed E-state index contributed by atoms with van der Waals surface area (Å²) in [5.74, 6) is -0.293. The smallest absolute Gasteiger partial charge is 0.0512 e. The first kappa shape index (κ1) is 8.65. The zero-order valence-electron chi connectivity index (χ0n) is 6.99. The molecule has 0 unspecified atom stereocenters. The van der Waals surface area contributed by atoms with Crippen LogP contribution in [-0.2, 0) is 4.74 Å². The van der Waals surface area contributed by atoms with E-state index in [0.717, 1.165) is 5.57 Å². The largest absolute Gasteiger partial charge is 0.614 e. The Kier molecular flexibility index (Phi) is 3.20. The second-order valence-corrected chi connectivity index (χ2v) is 2.30. The summed E-state index contributed by atoms with van der Waals surface area (Å²) in [5.41, 5.74) is 1.02. The topological polar surface area (TPSA) is 32.3 Å². The Labute approximate surface area is 72.2 Å². The molecule has 0 aromatic rings. The lowest BCUT2D eigenvalue weighted by Crippen LogP contribution is -2.06. The SMILES string of the molecule is CCOC([O-])=CC=C1C=CC=C1. The summed E-state index contributed by atoms with van der Waals surface area (Å²) in [7, 11) is 0. The van der Waals surface area contributed by atoms with Gasteiger partial charge in [-0.25, -0.2) is 0 Å². The molecule has 1 aliphatic rings. The highest BCUT2D eigenvalue weighted by Crippen LogP contribution is 2.06. The maximum absolute atomic E-state index is 10.8. The molecule has 2 heteroatoms. The highest BCUT2D eigenvalue weighted by molar-refractivity contribution is 5.41. The van der Waals surface area contributed by atoms with Crippen LogP contribution in [0.15, 0.2) is 48.0 Å². The molecule has 1 aliphatic carbocycles. The minimum absolute atomic E-state index is 0.293. The lowest BCUT2D eigenvalue weighted by atomic mass is 10.3. The molecule has 0 saturated carbocycles. The van der Waals surface area contributed by atoms with Crippen LogP contribution in [0.3, 0.4) is 0 Å². The minimum atomic E-state index is -0.293. The monoisotopic (exact) mass is 163 g/mol. The first-order chi connectivity index (χ1) is 5.83. The third-order valence-corrected chi connectivity index (χ3v) is 1.39. The Morgan fingerprint density at radius 2 is 2.17 bits per heavy atom. The minimum Gasteiger partial charge on any atom is -0.614 e. The summed E-state index contributed by atoms with van der Waals surface area (Å²) in [6, 6.07) is 0. The summed E-state index contributed by atoms with van der Waals surface area (Å²) in [6.45, 7) is 2.21. The van der Waals surface area contributed by atoms with Crippen molar-refractivity contribution in [3.63, 3.8) is 0 Å². The van der Waals surface area contributed by atoms with E-state index in [0.29, 0.717) is 6.61 Å². The molecule has 0 fully saturated rings. The van der Waals surface area contributed by atoms with Crippen LogP contribution < -0.4 is 5.11 Å². The van der Waals surface area contributed by atoms with Crippen LogP contribution in [0.2, 0.25) is 0 Å².